The van der Waals surface area contributed by atoms with Crippen molar-refractivity contribution in [2.24, 2.45) is 0 Å². The van der Waals surface area contributed by atoms with Crippen LogP contribution in [0.25, 0.3) is 0 Å². The number of rotatable bonds is 4. The normalized spacial score (nSPS) is 12.2. The van der Waals surface area contributed by atoms with Crippen LogP contribution >= 0.6 is 11.6 Å². The van der Waals surface area contributed by atoms with E-state index in [-0.39, 0.29) is 11.9 Å². The van der Waals surface area contributed by atoms with E-state index in [1.54, 1.807) is 6.07 Å². The summed E-state index contributed by atoms with van der Waals surface area (Å²) < 4.78 is 13.0. The van der Waals surface area contributed by atoms with E-state index < -0.39 is 0 Å². The minimum Gasteiger partial charge on any atom is -0.378 e. The van der Waals surface area contributed by atoms with Crippen LogP contribution in [0.15, 0.2) is 42.5 Å². The summed E-state index contributed by atoms with van der Waals surface area (Å²) in [4.78, 5) is 0. The highest BCUT2D eigenvalue weighted by atomic mass is 35.5. The van der Waals surface area contributed by atoms with E-state index in [2.05, 4.69) is 24.4 Å². The minimum atomic E-state index is -0.312. The van der Waals surface area contributed by atoms with Crippen molar-refractivity contribution < 1.29 is 4.39 Å². The van der Waals surface area contributed by atoms with E-state index >= 15 is 0 Å². The zero-order chi connectivity index (χ0) is 13.8. The Kier molecular flexibility index (Phi) is 4.43. The van der Waals surface area contributed by atoms with Crippen LogP contribution in [0.2, 0.25) is 5.02 Å². The van der Waals surface area contributed by atoms with Gasteiger partial charge in [0.15, 0.2) is 0 Å². The van der Waals surface area contributed by atoms with Gasteiger partial charge in [-0.1, -0.05) is 36.7 Å². The van der Waals surface area contributed by atoms with Crippen molar-refractivity contribution in [2.75, 3.05) is 5.32 Å². The van der Waals surface area contributed by atoms with Crippen LogP contribution < -0.4 is 5.32 Å². The molecule has 1 unspecified atom stereocenters. The highest BCUT2D eigenvalue weighted by Crippen LogP contribution is 2.26. The lowest BCUT2D eigenvalue weighted by atomic mass is 10.1. The molecule has 19 heavy (non-hydrogen) atoms. The molecule has 0 spiro atoms. The van der Waals surface area contributed by atoms with E-state index in [0.717, 1.165) is 17.7 Å². The number of nitrogens with one attached hydrogen (secondary N) is 1. The van der Waals surface area contributed by atoms with E-state index in [1.807, 2.05) is 19.1 Å². The number of benzene rings is 2. The second kappa shape index (κ2) is 6.07. The lowest BCUT2D eigenvalue weighted by Crippen LogP contribution is -2.07. The van der Waals surface area contributed by atoms with Gasteiger partial charge in [0.25, 0.3) is 0 Å². The SMILES string of the molecule is CCc1ccc(NC(C)c2ccc(F)cc2Cl)cc1. The maximum atomic E-state index is 13.0. The van der Waals surface area contributed by atoms with Crippen LogP contribution in [0.3, 0.4) is 0 Å². The molecule has 0 bridgehead atoms. The molecule has 3 heteroatoms. The maximum Gasteiger partial charge on any atom is 0.124 e. The van der Waals surface area contributed by atoms with Crippen molar-refractivity contribution in [1.82, 2.24) is 0 Å². The second-order valence-electron chi connectivity index (χ2n) is 4.58. The van der Waals surface area contributed by atoms with Crippen molar-refractivity contribution in [3.8, 4) is 0 Å². The molecule has 0 fully saturated rings. The fourth-order valence-electron chi connectivity index (χ4n) is 2.02. The number of hydrogen-bond donors (Lipinski definition) is 1. The Morgan fingerprint density at radius 3 is 2.42 bits per heavy atom. The average Bonchev–Trinajstić information content (AvgIpc) is 2.39. The molecule has 2 aromatic rings. The van der Waals surface area contributed by atoms with Gasteiger partial charge < -0.3 is 5.32 Å². The van der Waals surface area contributed by atoms with Crippen molar-refractivity contribution in [2.45, 2.75) is 26.3 Å². The zero-order valence-electron chi connectivity index (χ0n) is 11.1. The van der Waals surface area contributed by atoms with Gasteiger partial charge in [-0.3, -0.25) is 0 Å². The van der Waals surface area contributed by atoms with Gasteiger partial charge in [0.05, 0.1) is 0 Å². The van der Waals surface area contributed by atoms with Crippen LogP contribution in [-0.4, -0.2) is 0 Å². The Balaban J connectivity index is 2.13. The molecular weight excluding hydrogens is 261 g/mol. The number of halogens is 2. The summed E-state index contributed by atoms with van der Waals surface area (Å²) in [6.07, 6.45) is 1.03. The van der Waals surface area contributed by atoms with Gasteiger partial charge in [-0.25, -0.2) is 4.39 Å². The highest BCUT2D eigenvalue weighted by molar-refractivity contribution is 6.31. The first-order valence-electron chi connectivity index (χ1n) is 6.40. The lowest BCUT2D eigenvalue weighted by molar-refractivity contribution is 0.626. The molecule has 2 rings (SSSR count). The summed E-state index contributed by atoms with van der Waals surface area (Å²) in [5.41, 5.74) is 3.23. The second-order valence-corrected chi connectivity index (χ2v) is 4.99. The molecule has 0 aliphatic rings. The summed E-state index contributed by atoms with van der Waals surface area (Å²) >= 11 is 6.06. The largest absolute Gasteiger partial charge is 0.378 e. The van der Waals surface area contributed by atoms with Gasteiger partial charge in [0.1, 0.15) is 5.82 Å². The lowest BCUT2D eigenvalue weighted by Gasteiger charge is -2.17. The molecule has 0 heterocycles. The molecule has 0 radical (unpaired) electrons. The van der Waals surface area contributed by atoms with E-state index in [1.165, 1.54) is 17.7 Å². The number of hydrogen-bond acceptors (Lipinski definition) is 1. The predicted octanol–water partition coefficient (Wildman–Crippen LogP) is 5.21. The minimum absolute atomic E-state index is 0.0283. The van der Waals surface area contributed by atoms with Crippen LogP contribution in [0, 0.1) is 5.82 Å². The predicted molar refractivity (Wildman–Crippen MR) is 79.3 cm³/mol. The molecule has 2 aromatic carbocycles. The highest BCUT2D eigenvalue weighted by Gasteiger charge is 2.10. The fourth-order valence-corrected chi connectivity index (χ4v) is 2.35. The molecule has 0 amide bonds. The number of aryl methyl sites for hydroxylation is 1. The van der Waals surface area contributed by atoms with Gasteiger partial charge in [-0.05, 0) is 48.7 Å². The topological polar surface area (TPSA) is 12.0 Å². The quantitative estimate of drug-likeness (QED) is 0.808. The Hall–Kier alpha value is -1.54. The molecule has 0 aliphatic heterocycles. The van der Waals surface area contributed by atoms with Crippen LogP contribution in [0.1, 0.15) is 31.0 Å². The Morgan fingerprint density at radius 2 is 1.84 bits per heavy atom. The summed E-state index contributed by atoms with van der Waals surface area (Å²) in [5.74, 6) is -0.312. The van der Waals surface area contributed by atoms with Gasteiger partial charge in [0.2, 0.25) is 0 Å². The number of anilines is 1. The standard InChI is InChI=1S/C16H17ClFN/c1-3-12-4-7-14(8-5-12)19-11(2)15-9-6-13(18)10-16(15)17/h4-11,19H,3H2,1-2H3. The molecule has 100 valence electrons. The fraction of sp³-hybridized carbons (Fsp3) is 0.250. The first-order valence-corrected chi connectivity index (χ1v) is 6.78. The molecule has 1 atom stereocenters. The average molecular weight is 278 g/mol. The first kappa shape index (κ1) is 13.9. The van der Waals surface area contributed by atoms with E-state index in [9.17, 15) is 4.39 Å². The van der Waals surface area contributed by atoms with Gasteiger partial charge in [-0.2, -0.15) is 0 Å². The third-order valence-corrected chi connectivity index (χ3v) is 3.50. The van der Waals surface area contributed by atoms with Crippen LogP contribution in [0.4, 0.5) is 10.1 Å². The Bertz CT molecular complexity index is 551. The van der Waals surface area contributed by atoms with Crippen LogP contribution in [0.5, 0.6) is 0 Å². The van der Waals surface area contributed by atoms with Crippen molar-refractivity contribution in [1.29, 1.82) is 0 Å². The molecule has 0 aromatic heterocycles. The summed E-state index contributed by atoms with van der Waals surface area (Å²) in [6, 6.07) is 12.8. The smallest absolute Gasteiger partial charge is 0.124 e. The maximum absolute atomic E-state index is 13.0. The zero-order valence-corrected chi connectivity index (χ0v) is 11.8. The molecular formula is C16H17ClFN. The van der Waals surface area contributed by atoms with Crippen molar-refractivity contribution in [3.05, 3.63) is 64.4 Å². The summed E-state index contributed by atoms with van der Waals surface area (Å²) in [5, 5.41) is 3.81. The van der Waals surface area contributed by atoms with Gasteiger partial charge in [0, 0.05) is 16.8 Å². The summed E-state index contributed by atoms with van der Waals surface area (Å²) in [7, 11) is 0. The van der Waals surface area contributed by atoms with Crippen molar-refractivity contribution >= 4 is 17.3 Å². The van der Waals surface area contributed by atoms with Crippen molar-refractivity contribution in [3.63, 3.8) is 0 Å². The third-order valence-electron chi connectivity index (χ3n) is 3.17. The van der Waals surface area contributed by atoms with Gasteiger partial charge >= 0.3 is 0 Å². The molecule has 0 aliphatic carbocycles. The van der Waals surface area contributed by atoms with Crippen LogP contribution in [-0.2, 0) is 6.42 Å². The Labute approximate surface area is 118 Å². The van der Waals surface area contributed by atoms with E-state index in [4.69, 9.17) is 11.6 Å². The molecule has 1 N–H and O–H groups in total. The third kappa shape index (κ3) is 3.48. The molecule has 0 saturated heterocycles. The monoisotopic (exact) mass is 277 g/mol. The first-order chi connectivity index (χ1) is 9.10. The molecule has 0 saturated carbocycles. The Morgan fingerprint density at radius 1 is 1.16 bits per heavy atom. The molecule has 1 nitrogen and oxygen atoms in total. The van der Waals surface area contributed by atoms with E-state index in [0.29, 0.717) is 5.02 Å². The summed E-state index contributed by atoms with van der Waals surface area (Å²) in [6.45, 7) is 4.14. The van der Waals surface area contributed by atoms with Gasteiger partial charge in [-0.15, -0.1) is 0 Å².